The van der Waals surface area contributed by atoms with Crippen molar-refractivity contribution < 1.29 is 18.7 Å². The second kappa shape index (κ2) is 11.0. The lowest BCUT2D eigenvalue weighted by molar-refractivity contribution is -0.142. The Hall–Kier alpha value is -2.60. The summed E-state index contributed by atoms with van der Waals surface area (Å²) in [6, 6.07) is 13.3. The average Bonchev–Trinajstić information content (AvgIpc) is 3.41. The predicted molar refractivity (Wildman–Crippen MR) is 115 cm³/mol. The molecule has 30 heavy (non-hydrogen) atoms. The zero-order chi connectivity index (χ0) is 21.3. The van der Waals surface area contributed by atoms with Crippen molar-refractivity contribution in [2.75, 3.05) is 26.2 Å². The van der Waals surface area contributed by atoms with E-state index in [2.05, 4.69) is 13.8 Å². The summed E-state index contributed by atoms with van der Waals surface area (Å²) in [5.74, 6) is 0.892. The standard InChI is InChI=1S/C24H32N2O4/c1-19(2)15-25(23(27)14-20-8-4-3-5-9-20)18-24(28)26(16-21-10-6-12-29-21)17-22-11-7-13-30-22/h3-6,8-10,12,19,22H,7,11,13-18H2,1-2H3/t22-/m1/s1. The molecule has 0 saturated carbocycles. The molecule has 1 aromatic heterocycles. The van der Waals surface area contributed by atoms with E-state index in [0.29, 0.717) is 26.1 Å². The van der Waals surface area contributed by atoms with Gasteiger partial charge in [-0.15, -0.1) is 0 Å². The molecule has 0 N–H and O–H groups in total. The molecule has 1 aliphatic rings. The van der Waals surface area contributed by atoms with Crippen LogP contribution in [0, 0.1) is 5.92 Å². The Morgan fingerprint density at radius 1 is 1.07 bits per heavy atom. The molecule has 1 saturated heterocycles. The maximum absolute atomic E-state index is 13.2. The number of ether oxygens (including phenoxy) is 1. The Morgan fingerprint density at radius 3 is 2.50 bits per heavy atom. The summed E-state index contributed by atoms with van der Waals surface area (Å²) in [4.78, 5) is 29.7. The molecule has 2 aromatic rings. The Balaban J connectivity index is 1.68. The summed E-state index contributed by atoms with van der Waals surface area (Å²) < 4.78 is 11.2. The van der Waals surface area contributed by atoms with Gasteiger partial charge in [-0.05, 0) is 36.5 Å². The number of hydrogen-bond acceptors (Lipinski definition) is 4. The van der Waals surface area contributed by atoms with Crippen LogP contribution in [0.4, 0.5) is 0 Å². The molecule has 6 nitrogen and oxygen atoms in total. The van der Waals surface area contributed by atoms with Crippen molar-refractivity contribution in [3.63, 3.8) is 0 Å². The smallest absolute Gasteiger partial charge is 0.242 e. The summed E-state index contributed by atoms with van der Waals surface area (Å²) in [6.07, 6.45) is 3.92. The molecule has 0 unspecified atom stereocenters. The molecule has 1 aliphatic heterocycles. The lowest BCUT2D eigenvalue weighted by Crippen LogP contribution is -2.46. The predicted octanol–water partition coefficient (Wildman–Crippen LogP) is 3.51. The second-order valence-electron chi connectivity index (χ2n) is 8.32. The van der Waals surface area contributed by atoms with Gasteiger partial charge in [0.15, 0.2) is 0 Å². The monoisotopic (exact) mass is 412 g/mol. The van der Waals surface area contributed by atoms with Gasteiger partial charge in [-0.2, -0.15) is 0 Å². The van der Waals surface area contributed by atoms with Crippen molar-refractivity contribution in [3.05, 3.63) is 60.1 Å². The maximum atomic E-state index is 13.2. The average molecular weight is 413 g/mol. The highest BCUT2D eigenvalue weighted by atomic mass is 16.5. The highest BCUT2D eigenvalue weighted by molar-refractivity contribution is 5.86. The third kappa shape index (κ3) is 6.73. The minimum absolute atomic E-state index is 0.0293. The first kappa shape index (κ1) is 22.1. The van der Waals surface area contributed by atoms with Crippen LogP contribution in [0.5, 0.6) is 0 Å². The third-order valence-electron chi connectivity index (χ3n) is 5.19. The number of furan rings is 1. The van der Waals surface area contributed by atoms with Gasteiger partial charge in [-0.3, -0.25) is 9.59 Å². The van der Waals surface area contributed by atoms with Crippen LogP contribution in [0.1, 0.15) is 38.0 Å². The van der Waals surface area contributed by atoms with Crippen LogP contribution in [0.25, 0.3) is 0 Å². The first-order valence-corrected chi connectivity index (χ1v) is 10.7. The van der Waals surface area contributed by atoms with Crippen LogP contribution >= 0.6 is 0 Å². The maximum Gasteiger partial charge on any atom is 0.242 e. The summed E-state index contributed by atoms with van der Waals surface area (Å²) in [6.45, 7) is 6.36. The molecular weight excluding hydrogens is 380 g/mol. The lowest BCUT2D eigenvalue weighted by Gasteiger charge is -2.29. The van der Waals surface area contributed by atoms with Crippen molar-refractivity contribution in [1.29, 1.82) is 0 Å². The van der Waals surface area contributed by atoms with E-state index in [0.717, 1.165) is 30.8 Å². The van der Waals surface area contributed by atoms with Gasteiger partial charge >= 0.3 is 0 Å². The van der Waals surface area contributed by atoms with E-state index in [1.807, 2.05) is 42.5 Å². The lowest BCUT2D eigenvalue weighted by atomic mass is 10.1. The summed E-state index contributed by atoms with van der Waals surface area (Å²) >= 11 is 0. The van der Waals surface area contributed by atoms with Gasteiger partial charge in [0, 0.05) is 19.7 Å². The molecule has 0 bridgehead atoms. The van der Waals surface area contributed by atoms with E-state index < -0.39 is 0 Å². The minimum Gasteiger partial charge on any atom is -0.467 e. The molecule has 6 heteroatoms. The number of amides is 2. The zero-order valence-electron chi connectivity index (χ0n) is 18.0. The number of nitrogens with zero attached hydrogens (tertiary/aromatic N) is 2. The van der Waals surface area contributed by atoms with Crippen LogP contribution in [0.2, 0.25) is 0 Å². The molecule has 1 fully saturated rings. The van der Waals surface area contributed by atoms with E-state index >= 15 is 0 Å². The quantitative estimate of drug-likeness (QED) is 0.599. The largest absolute Gasteiger partial charge is 0.467 e. The Kier molecular flexibility index (Phi) is 8.08. The molecule has 0 radical (unpaired) electrons. The van der Waals surface area contributed by atoms with E-state index in [1.54, 1.807) is 16.1 Å². The van der Waals surface area contributed by atoms with Gasteiger partial charge in [0.2, 0.25) is 11.8 Å². The van der Waals surface area contributed by atoms with E-state index in [4.69, 9.17) is 9.15 Å². The zero-order valence-corrected chi connectivity index (χ0v) is 18.0. The number of benzene rings is 1. The van der Waals surface area contributed by atoms with Crippen molar-refractivity contribution in [1.82, 2.24) is 9.80 Å². The SMILES string of the molecule is CC(C)CN(CC(=O)N(Cc1ccco1)C[C@H]1CCCO1)C(=O)Cc1ccccc1. The fraction of sp³-hybridized carbons (Fsp3) is 0.500. The van der Waals surface area contributed by atoms with E-state index in [-0.39, 0.29) is 30.4 Å². The van der Waals surface area contributed by atoms with Gasteiger partial charge in [0.1, 0.15) is 5.76 Å². The summed E-state index contributed by atoms with van der Waals surface area (Å²) in [7, 11) is 0. The van der Waals surface area contributed by atoms with Crippen LogP contribution in [-0.2, 0) is 27.3 Å². The highest BCUT2D eigenvalue weighted by Crippen LogP contribution is 2.16. The Morgan fingerprint density at radius 2 is 1.87 bits per heavy atom. The highest BCUT2D eigenvalue weighted by Gasteiger charge is 2.26. The van der Waals surface area contributed by atoms with Gasteiger partial charge in [0.05, 0.1) is 31.9 Å². The molecule has 1 aromatic carbocycles. The second-order valence-corrected chi connectivity index (χ2v) is 8.32. The van der Waals surface area contributed by atoms with Crippen LogP contribution < -0.4 is 0 Å². The van der Waals surface area contributed by atoms with Gasteiger partial charge < -0.3 is 19.0 Å². The Bertz CT molecular complexity index is 783. The third-order valence-corrected chi connectivity index (χ3v) is 5.19. The molecule has 2 heterocycles. The van der Waals surface area contributed by atoms with Crippen molar-refractivity contribution >= 4 is 11.8 Å². The van der Waals surface area contributed by atoms with E-state index in [9.17, 15) is 9.59 Å². The van der Waals surface area contributed by atoms with Crippen LogP contribution in [-0.4, -0.2) is 54.0 Å². The van der Waals surface area contributed by atoms with Gasteiger partial charge in [-0.25, -0.2) is 0 Å². The molecular formula is C24H32N2O4. The van der Waals surface area contributed by atoms with Crippen molar-refractivity contribution in [3.8, 4) is 0 Å². The van der Waals surface area contributed by atoms with E-state index in [1.165, 1.54) is 0 Å². The summed E-state index contributed by atoms with van der Waals surface area (Å²) in [5, 5.41) is 0. The molecule has 0 spiro atoms. The minimum atomic E-state index is -0.0797. The number of carbonyl (C=O) groups excluding carboxylic acids is 2. The van der Waals surface area contributed by atoms with Gasteiger partial charge in [0.25, 0.3) is 0 Å². The molecule has 2 amide bonds. The Labute approximate surface area is 178 Å². The fourth-order valence-electron chi connectivity index (χ4n) is 3.72. The summed E-state index contributed by atoms with van der Waals surface area (Å²) in [5.41, 5.74) is 0.954. The number of hydrogen-bond donors (Lipinski definition) is 0. The van der Waals surface area contributed by atoms with Crippen LogP contribution in [0.3, 0.4) is 0 Å². The number of rotatable bonds is 10. The van der Waals surface area contributed by atoms with Crippen molar-refractivity contribution in [2.45, 2.75) is 45.8 Å². The fourth-order valence-corrected chi connectivity index (χ4v) is 3.72. The normalized spacial score (nSPS) is 16.0. The van der Waals surface area contributed by atoms with Gasteiger partial charge in [-0.1, -0.05) is 44.2 Å². The molecule has 0 aliphatic carbocycles. The molecule has 3 rings (SSSR count). The topological polar surface area (TPSA) is 63.0 Å². The number of carbonyl (C=O) groups is 2. The first-order valence-electron chi connectivity index (χ1n) is 10.7. The van der Waals surface area contributed by atoms with Crippen LogP contribution in [0.15, 0.2) is 53.1 Å². The molecule has 1 atom stereocenters. The molecule has 162 valence electrons. The first-order chi connectivity index (χ1) is 14.5. The van der Waals surface area contributed by atoms with Crippen molar-refractivity contribution in [2.24, 2.45) is 5.92 Å².